The van der Waals surface area contributed by atoms with Gasteiger partial charge in [0, 0.05) is 23.3 Å². The van der Waals surface area contributed by atoms with Gasteiger partial charge in [-0.05, 0) is 19.1 Å². The smallest absolute Gasteiger partial charge is 0.266 e. The number of nitrogens with zero attached hydrogens (tertiary/aromatic N) is 5. The summed E-state index contributed by atoms with van der Waals surface area (Å²) in [6.45, 7) is 1.45. The molecule has 1 heterocycles. The molecule has 0 fully saturated rings. The van der Waals surface area contributed by atoms with Crippen LogP contribution in [0, 0.1) is 28.4 Å². The third-order valence-electron chi connectivity index (χ3n) is 4.12. The molecule has 0 unspecified atom stereocenters. The second-order valence-electron chi connectivity index (χ2n) is 6.06. The first-order valence-corrected chi connectivity index (χ1v) is 8.59. The van der Waals surface area contributed by atoms with Crippen LogP contribution in [0.4, 0.5) is 5.69 Å². The van der Waals surface area contributed by atoms with Gasteiger partial charge in [0.05, 0.1) is 16.8 Å². The van der Waals surface area contributed by atoms with Crippen molar-refractivity contribution in [3.8, 4) is 11.8 Å². The molecule has 3 aromatic rings. The van der Waals surface area contributed by atoms with E-state index in [-0.39, 0.29) is 22.5 Å². The number of nitro groups is 1. The predicted octanol–water partition coefficient (Wildman–Crippen LogP) is 2.08. The number of amides is 1. The average molecular weight is 402 g/mol. The molecule has 30 heavy (non-hydrogen) atoms. The molecule has 0 saturated heterocycles. The molecule has 10 nitrogen and oxygen atoms in total. The second kappa shape index (κ2) is 8.57. The van der Waals surface area contributed by atoms with E-state index < -0.39 is 16.4 Å². The summed E-state index contributed by atoms with van der Waals surface area (Å²) in [6.07, 6.45) is 1.23. The maximum atomic E-state index is 12.6. The molecule has 0 aliphatic heterocycles. The zero-order valence-corrected chi connectivity index (χ0v) is 15.6. The van der Waals surface area contributed by atoms with Crippen LogP contribution in [0.3, 0.4) is 0 Å². The highest BCUT2D eigenvalue weighted by Crippen LogP contribution is 2.12. The van der Waals surface area contributed by atoms with Crippen LogP contribution in [0.15, 0.2) is 64.5 Å². The molecule has 0 saturated carbocycles. The molecule has 0 spiro atoms. The van der Waals surface area contributed by atoms with E-state index in [1.165, 1.54) is 31.3 Å². The van der Waals surface area contributed by atoms with Crippen molar-refractivity contribution in [2.45, 2.75) is 6.92 Å². The summed E-state index contributed by atoms with van der Waals surface area (Å²) < 4.78 is 0.977. The van der Waals surface area contributed by atoms with E-state index in [4.69, 9.17) is 0 Å². The number of hydrogen-bond donors (Lipinski definition) is 1. The van der Waals surface area contributed by atoms with Gasteiger partial charge in [0.2, 0.25) is 0 Å². The van der Waals surface area contributed by atoms with Crippen LogP contribution >= 0.6 is 0 Å². The number of non-ortho nitro benzene ring substituents is 1. The summed E-state index contributed by atoms with van der Waals surface area (Å²) in [6, 6.07) is 15.9. The van der Waals surface area contributed by atoms with Crippen LogP contribution in [-0.4, -0.2) is 26.8 Å². The lowest BCUT2D eigenvalue weighted by molar-refractivity contribution is -0.384. The number of hydrazone groups is 1. The van der Waals surface area contributed by atoms with Gasteiger partial charge in [-0.3, -0.25) is 19.7 Å². The molecule has 0 radical (unpaired) electrons. The first kappa shape index (κ1) is 20.1. The van der Waals surface area contributed by atoms with Gasteiger partial charge in [-0.15, -0.1) is 0 Å². The Morgan fingerprint density at radius 1 is 1.27 bits per heavy atom. The molecule has 0 aliphatic carbocycles. The highest BCUT2D eigenvalue weighted by Gasteiger charge is 2.20. The van der Waals surface area contributed by atoms with Crippen molar-refractivity contribution in [3.05, 3.63) is 97.4 Å². The molecule has 1 N–H and O–H groups in total. The summed E-state index contributed by atoms with van der Waals surface area (Å²) in [5, 5.41) is 28.1. The number of para-hydroxylation sites is 1. The molecule has 0 aliphatic rings. The monoisotopic (exact) mass is 402 g/mol. The Labute approximate surface area is 169 Å². The largest absolute Gasteiger partial charge is 0.292 e. The van der Waals surface area contributed by atoms with Gasteiger partial charge in [0.15, 0.2) is 5.69 Å². The van der Waals surface area contributed by atoms with Crippen LogP contribution in [0.25, 0.3) is 5.69 Å². The summed E-state index contributed by atoms with van der Waals surface area (Å²) in [4.78, 5) is 35.4. The van der Waals surface area contributed by atoms with Crippen LogP contribution in [0.1, 0.15) is 27.2 Å². The van der Waals surface area contributed by atoms with Gasteiger partial charge < -0.3 is 0 Å². The number of nitro benzene ring substituents is 1. The van der Waals surface area contributed by atoms with Crippen LogP contribution < -0.4 is 11.0 Å². The molecule has 1 amide bonds. The van der Waals surface area contributed by atoms with E-state index in [1.54, 1.807) is 36.4 Å². The number of aromatic nitrogens is 2. The third-order valence-corrected chi connectivity index (χ3v) is 4.12. The SMILES string of the molecule is Cc1c(C(=O)N/N=C/c2cccc([N+](=O)[O-])c2)nn(-c2ccccc2)c(=O)c1C#N. The van der Waals surface area contributed by atoms with Crippen molar-refractivity contribution in [2.75, 3.05) is 0 Å². The first-order valence-electron chi connectivity index (χ1n) is 8.59. The number of nitriles is 1. The van der Waals surface area contributed by atoms with E-state index >= 15 is 0 Å². The molecular formula is C20H14N6O4. The Kier molecular flexibility index (Phi) is 5.74. The van der Waals surface area contributed by atoms with Crippen molar-refractivity contribution in [1.29, 1.82) is 5.26 Å². The Morgan fingerprint density at radius 2 is 2.00 bits per heavy atom. The normalized spacial score (nSPS) is 10.5. The average Bonchev–Trinajstić information content (AvgIpc) is 2.75. The lowest BCUT2D eigenvalue weighted by Crippen LogP contribution is -2.31. The van der Waals surface area contributed by atoms with E-state index in [0.29, 0.717) is 11.3 Å². The van der Waals surface area contributed by atoms with E-state index in [1.807, 2.05) is 6.07 Å². The van der Waals surface area contributed by atoms with Gasteiger partial charge in [0.1, 0.15) is 11.6 Å². The Balaban J connectivity index is 1.92. The fourth-order valence-electron chi connectivity index (χ4n) is 2.63. The number of benzene rings is 2. The molecule has 3 rings (SSSR count). The van der Waals surface area contributed by atoms with Gasteiger partial charge in [0.25, 0.3) is 17.2 Å². The Hall–Kier alpha value is -4.65. The molecule has 0 atom stereocenters. The van der Waals surface area contributed by atoms with Crippen molar-refractivity contribution >= 4 is 17.8 Å². The van der Waals surface area contributed by atoms with Gasteiger partial charge >= 0.3 is 0 Å². The zero-order valence-electron chi connectivity index (χ0n) is 15.6. The minimum atomic E-state index is -0.740. The lowest BCUT2D eigenvalue weighted by Gasteiger charge is -2.10. The minimum Gasteiger partial charge on any atom is -0.266 e. The summed E-state index contributed by atoms with van der Waals surface area (Å²) in [5.74, 6) is -0.740. The summed E-state index contributed by atoms with van der Waals surface area (Å²) in [5.41, 5.74) is 2.07. The molecule has 1 aromatic heterocycles. The van der Waals surface area contributed by atoms with Gasteiger partial charge in [-0.25, -0.2) is 5.43 Å². The fourth-order valence-corrected chi connectivity index (χ4v) is 2.63. The van der Waals surface area contributed by atoms with Crippen molar-refractivity contribution < 1.29 is 9.72 Å². The lowest BCUT2D eigenvalue weighted by atomic mass is 10.1. The van der Waals surface area contributed by atoms with Crippen molar-refractivity contribution in [2.24, 2.45) is 5.10 Å². The topological polar surface area (TPSA) is 143 Å². The number of nitrogens with one attached hydrogen (secondary N) is 1. The highest BCUT2D eigenvalue weighted by atomic mass is 16.6. The van der Waals surface area contributed by atoms with Crippen molar-refractivity contribution in [1.82, 2.24) is 15.2 Å². The third kappa shape index (κ3) is 4.10. The standard InChI is InChI=1S/C20H14N6O4/c1-13-17(11-21)20(28)25(15-7-3-2-4-8-15)24-18(13)19(27)23-22-12-14-6-5-9-16(10-14)26(29)30/h2-10,12H,1H3,(H,23,27)/b22-12+. The number of carbonyl (C=O) groups excluding carboxylic acids is 1. The zero-order chi connectivity index (χ0) is 21.7. The fraction of sp³-hybridized carbons (Fsp3) is 0.0500. The Bertz CT molecular complexity index is 1260. The van der Waals surface area contributed by atoms with E-state index in [9.17, 15) is 25.0 Å². The number of rotatable bonds is 5. The van der Waals surface area contributed by atoms with Crippen LogP contribution in [-0.2, 0) is 0 Å². The number of hydrogen-bond acceptors (Lipinski definition) is 7. The van der Waals surface area contributed by atoms with Gasteiger partial charge in [-0.1, -0.05) is 30.3 Å². The summed E-state index contributed by atoms with van der Waals surface area (Å²) in [7, 11) is 0. The van der Waals surface area contributed by atoms with Gasteiger partial charge in [-0.2, -0.15) is 20.1 Å². The number of carbonyl (C=O) groups is 1. The molecule has 148 valence electrons. The summed E-state index contributed by atoms with van der Waals surface area (Å²) >= 11 is 0. The van der Waals surface area contributed by atoms with Crippen LogP contribution in [0.2, 0.25) is 0 Å². The molecule has 2 aromatic carbocycles. The van der Waals surface area contributed by atoms with Crippen LogP contribution in [0.5, 0.6) is 0 Å². The molecule has 10 heteroatoms. The van der Waals surface area contributed by atoms with Crippen molar-refractivity contribution in [3.63, 3.8) is 0 Å². The van der Waals surface area contributed by atoms with E-state index in [0.717, 1.165) is 4.68 Å². The molecule has 0 bridgehead atoms. The quantitative estimate of drug-likeness (QED) is 0.393. The maximum absolute atomic E-state index is 12.6. The second-order valence-corrected chi connectivity index (χ2v) is 6.06. The minimum absolute atomic E-state index is 0.114. The first-order chi connectivity index (χ1) is 14.4. The predicted molar refractivity (Wildman–Crippen MR) is 107 cm³/mol. The Morgan fingerprint density at radius 3 is 2.67 bits per heavy atom. The maximum Gasteiger partial charge on any atom is 0.292 e. The highest BCUT2D eigenvalue weighted by molar-refractivity contribution is 5.94. The molecular weight excluding hydrogens is 388 g/mol. The van der Waals surface area contributed by atoms with E-state index in [2.05, 4.69) is 15.6 Å².